The smallest absolute Gasteiger partial charge is 0.321 e. The van der Waals surface area contributed by atoms with Crippen LogP contribution in [0, 0.1) is 13.8 Å². The van der Waals surface area contributed by atoms with E-state index in [-0.39, 0.29) is 18.5 Å². The number of nitrogens with one attached hydrogen (secondary N) is 2. The Morgan fingerprint density at radius 1 is 0.963 bits per heavy atom. The lowest BCUT2D eigenvalue weighted by molar-refractivity contribution is -0.118. The second kappa shape index (κ2) is 8.58. The zero-order valence-corrected chi connectivity index (χ0v) is 15.7. The van der Waals surface area contributed by atoms with Crippen molar-refractivity contribution >= 4 is 23.3 Å². The van der Waals surface area contributed by atoms with Crippen LogP contribution in [0.3, 0.4) is 0 Å². The van der Waals surface area contributed by atoms with Gasteiger partial charge in [0.25, 0.3) is 5.91 Å². The molecule has 2 N–H and O–H groups in total. The summed E-state index contributed by atoms with van der Waals surface area (Å²) in [6.45, 7) is 5.41. The number of benzene rings is 2. The van der Waals surface area contributed by atoms with Gasteiger partial charge in [0.2, 0.25) is 0 Å². The number of anilines is 2. The summed E-state index contributed by atoms with van der Waals surface area (Å²) in [4.78, 5) is 26.2. The number of amides is 3. The highest BCUT2D eigenvalue weighted by molar-refractivity contribution is 5.94. The normalized spacial score (nSPS) is 13.3. The van der Waals surface area contributed by atoms with E-state index in [0.717, 1.165) is 42.8 Å². The summed E-state index contributed by atoms with van der Waals surface area (Å²) in [7, 11) is 0. The van der Waals surface area contributed by atoms with Crippen molar-refractivity contribution in [1.29, 1.82) is 0 Å². The van der Waals surface area contributed by atoms with E-state index in [4.69, 9.17) is 4.74 Å². The van der Waals surface area contributed by atoms with E-state index in [1.165, 1.54) is 0 Å². The van der Waals surface area contributed by atoms with Crippen LogP contribution in [0.4, 0.5) is 16.2 Å². The van der Waals surface area contributed by atoms with Crippen LogP contribution < -0.4 is 15.4 Å². The number of hydrogen-bond acceptors (Lipinski definition) is 3. The average molecular weight is 367 g/mol. The fraction of sp³-hybridized carbons (Fsp3) is 0.333. The Bertz CT molecular complexity index is 809. The lowest BCUT2D eigenvalue weighted by atomic mass is 10.1. The number of ether oxygens (including phenoxy) is 1. The molecule has 27 heavy (non-hydrogen) atoms. The maximum absolute atomic E-state index is 12.2. The third kappa shape index (κ3) is 5.00. The lowest BCUT2D eigenvalue weighted by Gasteiger charge is -2.16. The van der Waals surface area contributed by atoms with Gasteiger partial charge in [0.05, 0.1) is 0 Å². The maximum atomic E-state index is 12.2. The van der Waals surface area contributed by atoms with Crippen LogP contribution in [-0.4, -0.2) is 36.5 Å². The zero-order valence-electron chi connectivity index (χ0n) is 15.7. The van der Waals surface area contributed by atoms with Crippen LogP contribution >= 0.6 is 0 Å². The Balaban J connectivity index is 1.55. The fourth-order valence-corrected chi connectivity index (χ4v) is 3.16. The van der Waals surface area contributed by atoms with E-state index in [0.29, 0.717) is 11.4 Å². The van der Waals surface area contributed by atoms with Gasteiger partial charge in [-0.05, 0) is 56.0 Å². The summed E-state index contributed by atoms with van der Waals surface area (Å²) >= 11 is 0. The molecule has 0 atom stereocenters. The highest BCUT2D eigenvalue weighted by atomic mass is 16.5. The van der Waals surface area contributed by atoms with Gasteiger partial charge in [0.15, 0.2) is 6.61 Å². The molecule has 2 aromatic carbocycles. The number of hydrogen-bond donors (Lipinski definition) is 2. The average Bonchev–Trinajstić information content (AvgIpc) is 3.16. The minimum absolute atomic E-state index is 0.0734. The third-order valence-electron chi connectivity index (χ3n) is 4.55. The molecular formula is C21H25N3O3. The highest BCUT2D eigenvalue weighted by Crippen LogP contribution is 2.22. The molecule has 1 fully saturated rings. The van der Waals surface area contributed by atoms with E-state index in [2.05, 4.69) is 10.6 Å². The highest BCUT2D eigenvalue weighted by Gasteiger charge is 2.17. The Labute approximate surface area is 159 Å². The van der Waals surface area contributed by atoms with Gasteiger partial charge in [-0.1, -0.05) is 24.3 Å². The van der Waals surface area contributed by atoms with Crippen molar-refractivity contribution in [3.05, 3.63) is 53.6 Å². The van der Waals surface area contributed by atoms with Crippen molar-refractivity contribution in [2.24, 2.45) is 0 Å². The van der Waals surface area contributed by atoms with Crippen LogP contribution in [0.2, 0.25) is 0 Å². The first kappa shape index (κ1) is 18.8. The number of carbonyl (C=O) groups excluding carboxylic acids is 2. The Morgan fingerprint density at radius 3 is 2.22 bits per heavy atom. The first-order valence-electron chi connectivity index (χ1n) is 9.18. The first-order valence-corrected chi connectivity index (χ1v) is 9.18. The molecule has 1 heterocycles. The van der Waals surface area contributed by atoms with Crippen molar-refractivity contribution in [2.75, 3.05) is 30.3 Å². The number of para-hydroxylation sites is 1. The van der Waals surface area contributed by atoms with Crippen LogP contribution in [-0.2, 0) is 4.79 Å². The molecule has 1 aliphatic rings. The largest absolute Gasteiger partial charge is 0.483 e. The summed E-state index contributed by atoms with van der Waals surface area (Å²) < 4.78 is 5.68. The Morgan fingerprint density at radius 2 is 1.56 bits per heavy atom. The SMILES string of the molecule is Cc1cccc(C)c1OCC(=O)Nc1cccc(NC(=O)N2CCCC2)c1. The fourth-order valence-electron chi connectivity index (χ4n) is 3.16. The van der Waals surface area contributed by atoms with Gasteiger partial charge < -0.3 is 20.3 Å². The summed E-state index contributed by atoms with van der Waals surface area (Å²) in [5, 5.41) is 5.68. The van der Waals surface area contributed by atoms with E-state index in [1.54, 1.807) is 29.2 Å². The number of urea groups is 1. The molecule has 1 aliphatic heterocycles. The number of rotatable bonds is 5. The Hall–Kier alpha value is -3.02. The molecule has 0 bridgehead atoms. The van der Waals surface area contributed by atoms with Crippen LogP contribution in [0.5, 0.6) is 5.75 Å². The molecule has 0 spiro atoms. The molecular weight excluding hydrogens is 342 g/mol. The van der Waals surface area contributed by atoms with Gasteiger partial charge in [0.1, 0.15) is 5.75 Å². The monoisotopic (exact) mass is 367 g/mol. The van der Waals surface area contributed by atoms with Gasteiger partial charge in [0, 0.05) is 24.5 Å². The molecule has 0 radical (unpaired) electrons. The predicted molar refractivity (Wildman–Crippen MR) is 106 cm³/mol. The molecule has 6 heteroatoms. The van der Waals surface area contributed by atoms with Gasteiger partial charge in [-0.25, -0.2) is 4.79 Å². The number of aryl methyl sites for hydroxylation is 2. The van der Waals surface area contributed by atoms with E-state index in [9.17, 15) is 9.59 Å². The van der Waals surface area contributed by atoms with Crippen molar-refractivity contribution in [3.63, 3.8) is 0 Å². The minimum Gasteiger partial charge on any atom is -0.483 e. The van der Waals surface area contributed by atoms with Gasteiger partial charge >= 0.3 is 6.03 Å². The van der Waals surface area contributed by atoms with E-state index >= 15 is 0 Å². The molecule has 3 rings (SSSR count). The molecule has 0 aromatic heterocycles. The summed E-state index contributed by atoms with van der Waals surface area (Å²) in [6, 6.07) is 12.9. The lowest BCUT2D eigenvalue weighted by Crippen LogP contribution is -2.32. The molecule has 1 saturated heterocycles. The van der Waals surface area contributed by atoms with Crippen molar-refractivity contribution in [3.8, 4) is 5.75 Å². The molecule has 2 aromatic rings. The predicted octanol–water partition coefficient (Wildman–Crippen LogP) is 3.95. The topological polar surface area (TPSA) is 70.7 Å². The second-order valence-electron chi connectivity index (χ2n) is 6.76. The molecule has 0 saturated carbocycles. The van der Waals surface area contributed by atoms with Crippen molar-refractivity contribution in [2.45, 2.75) is 26.7 Å². The van der Waals surface area contributed by atoms with Crippen LogP contribution in [0.1, 0.15) is 24.0 Å². The molecule has 0 unspecified atom stereocenters. The number of nitrogens with zero attached hydrogens (tertiary/aromatic N) is 1. The minimum atomic E-state index is -0.249. The van der Waals surface area contributed by atoms with Crippen LogP contribution in [0.15, 0.2) is 42.5 Å². The first-order chi connectivity index (χ1) is 13.0. The summed E-state index contributed by atoms with van der Waals surface area (Å²) in [6.07, 6.45) is 2.09. The van der Waals surface area contributed by atoms with Crippen LogP contribution in [0.25, 0.3) is 0 Å². The molecule has 3 amide bonds. The van der Waals surface area contributed by atoms with Crippen molar-refractivity contribution in [1.82, 2.24) is 4.90 Å². The number of carbonyl (C=O) groups is 2. The summed E-state index contributed by atoms with van der Waals surface area (Å²) in [5.74, 6) is 0.486. The quantitative estimate of drug-likeness (QED) is 0.841. The number of likely N-dealkylation sites (tertiary alicyclic amines) is 1. The van der Waals surface area contributed by atoms with E-state index < -0.39 is 0 Å². The maximum Gasteiger partial charge on any atom is 0.321 e. The second-order valence-corrected chi connectivity index (χ2v) is 6.76. The molecule has 0 aliphatic carbocycles. The third-order valence-corrected chi connectivity index (χ3v) is 4.55. The standard InChI is InChI=1S/C21H25N3O3/c1-15-7-5-8-16(2)20(15)27-14-19(25)22-17-9-6-10-18(13-17)23-21(26)24-11-3-4-12-24/h5-10,13H,3-4,11-12,14H2,1-2H3,(H,22,25)(H,23,26). The summed E-state index contributed by atoms with van der Waals surface area (Å²) in [5.41, 5.74) is 3.26. The van der Waals surface area contributed by atoms with E-state index in [1.807, 2.05) is 32.0 Å². The van der Waals surface area contributed by atoms with Gasteiger partial charge in [-0.3, -0.25) is 4.79 Å². The Kier molecular flexibility index (Phi) is 5.96. The molecule has 6 nitrogen and oxygen atoms in total. The van der Waals surface area contributed by atoms with Gasteiger partial charge in [-0.2, -0.15) is 0 Å². The van der Waals surface area contributed by atoms with Crippen molar-refractivity contribution < 1.29 is 14.3 Å². The molecule has 142 valence electrons. The zero-order chi connectivity index (χ0) is 19.2. The van der Waals surface area contributed by atoms with Gasteiger partial charge in [-0.15, -0.1) is 0 Å².